The van der Waals surface area contributed by atoms with Crippen LogP contribution in [0.3, 0.4) is 0 Å². The second-order valence-electron chi connectivity index (χ2n) is 4.21. The van der Waals surface area contributed by atoms with Gasteiger partial charge in [0.05, 0.1) is 6.10 Å². The summed E-state index contributed by atoms with van der Waals surface area (Å²) in [4.78, 5) is 12.0. The first-order valence-corrected chi connectivity index (χ1v) is 5.99. The lowest BCUT2D eigenvalue weighted by atomic mass is 10.3. The Morgan fingerprint density at radius 1 is 1.20 bits per heavy atom. The molecule has 7 nitrogen and oxygen atoms in total. The van der Waals surface area contributed by atoms with E-state index in [0.717, 1.165) is 0 Å². The minimum absolute atomic E-state index is 0.0926. The van der Waals surface area contributed by atoms with Crippen LogP contribution in [0.1, 0.15) is 13.8 Å². The van der Waals surface area contributed by atoms with Crippen molar-refractivity contribution in [2.45, 2.75) is 20.0 Å². The second kappa shape index (κ2) is 6.11. The van der Waals surface area contributed by atoms with E-state index in [1.807, 2.05) is 13.8 Å². The number of hydrogen-bond acceptors (Lipinski definition) is 7. The molecule has 0 aliphatic carbocycles. The highest BCUT2D eigenvalue weighted by atomic mass is 19.1. The number of benzene rings is 1. The SMILES string of the molecule is CC(C)Oc1nc(NN)nc(Nc2cccc(F)c2)n1. The molecule has 1 heterocycles. The number of hydrogen-bond donors (Lipinski definition) is 3. The van der Waals surface area contributed by atoms with Gasteiger partial charge in [-0.1, -0.05) is 6.07 Å². The zero-order chi connectivity index (χ0) is 14.5. The molecule has 2 aromatic rings. The van der Waals surface area contributed by atoms with Gasteiger partial charge in [0.2, 0.25) is 11.9 Å². The summed E-state index contributed by atoms with van der Waals surface area (Å²) in [6, 6.07) is 6.06. The molecule has 8 heteroatoms. The fourth-order valence-electron chi connectivity index (χ4n) is 1.44. The van der Waals surface area contributed by atoms with E-state index in [-0.39, 0.29) is 29.8 Å². The number of ether oxygens (including phenoxy) is 1. The number of anilines is 3. The highest BCUT2D eigenvalue weighted by molar-refractivity contribution is 5.54. The molecule has 0 aliphatic heterocycles. The molecular weight excluding hydrogens is 263 g/mol. The standard InChI is InChI=1S/C12H15FN6O/c1-7(2)20-12-17-10(16-11(18-12)19-14)15-9-5-3-4-8(13)6-9/h3-7H,14H2,1-2H3,(H2,15,16,17,18,19). The third-order valence-corrected chi connectivity index (χ3v) is 2.17. The quantitative estimate of drug-likeness (QED) is 0.567. The predicted octanol–water partition coefficient (Wildman–Crippen LogP) is 1.83. The van der Waals surface area contributed by atoms with Gasteiger partial charge in [-0.2, -0.15) is 15.0 Å². The van der Waals surface area contributed by atoms with Crippen molar-refractivity contribution in [2.75, 3.05) is 10.7 Å². The Bertz CT molecular complexity index is 592. The summed E-state index contributed by atoms with van der Waals surface area (Å²) in [7, 11) is 0. The van der Waals surface area contributed by atoms with Crippen LogP contribution in [0, 0.1) is 5.82 Å². The highest BCUT2D eigenvalue weighted by Gasteiger charge is 2.09. The molecule has 2 rings (SSSR count). The van der Waals surface area contributed by atoms with E-state index in [4.69, 9.17) is 10.6 Å². The molecule has 0 radical (unpaired) electrons. The summed E-state index contributed by atoms with van der Waals surface area (Å²) in [5.74, 6) is 5.28. The van der Waals surface area contributed by atoms with Crippen LogP contribution in [-0.4, -0.2) is 21.1 Å². The Hall–Kier alpha value is -2.48. The van der Waals surface area contributed by atoms with E-state index in [9.17, 15) is 4.39 Å². The largest absolute Gasteiger partial charge is 0.461 e. The predicted molar refractivity (Wildman–Crippen MR) is 73.1 cm³/mol. The van der Waals surface area contributed by atoms with E-state index in [1.165, 1.54) is 12.1 Å². The first-order chi connectivity index (χ1) is 9.56. The average molecular weight is 278 g/mol. The van der Waals surface area contributed by atoms with Crippen LogP contribution < -0.4 is 21.3 Å². The molecule has 1 aromatic carbocycles. The molecule has 0 atom stereocenters. The van der Waals surface area contributed by atoms with Crippen molar-refractivity contribution in [3.63, 3.8) is 0 Å². The van der Waals surface area contributed by atoms with Crippen molar-refractivity contribution < 1.29 is 9.13 Å². The van der Waals surface area contributed by atoms with Crippen molar-refractivity contribution in [3.05, 3.63) is 30.1 Å². The van der Waals surface area contributed by atoms with Gasteiger partial charge in [-0.25, -0.2) is 10.2 Å². The molecule has 0 aliphatic rings. The number of nitrogens with one attached hydrogen (secondary N) is 2. The van der Waals surface area contributed by atoms with Crippen molar-refractivity contribution in [2.24, 2.45) is 5.84 Å². The molecular formula is C12H15FN6O. The zero-order valence-electron chi connectivity index (χ0n) is 11.1. The van der Waals surface area contributed by atoms with Crippen LogP contribution in [0.15, 0.2) is 24.3 Å². The molecule has 1 aromatic heterocycles. The minimum Gasteiger partial charge on any atom is -0.461 e. The summed E-state index contributed by atoms with van der Waals surface area (Å²) < 4.78 is 18.5. The van der Waals surface area contributed by atoms with Gasteiger partial charge in [0.15, 0.2) is 0 Å². The normalized spacial score (nSPS) is 10.4. The fourth-order valence-corrected chi connectivity index (χ4v) is 1.44. The molecule has 0 fully saturated rings. The van der Waals surface area contributed by atoms with E-state index in [2.05, 4.69) is 25.7 Å². The number of nitrogens with two attached hydrogens (primary N) is 1. The topological polar surface area (TPSA) is 98.0 Å². The summed E-state index contributed by atoms with van der Waals surface area (Å²) in [6.45, 7) is 3.69. The van der Waals surface area contributed by atoms with Gasteiger partial charge in [0.1, 0.15) is 5.82 Å². The lowest BCUT2D eigenvalue weighted by molar-refractivity contribution is 0.222. The smallest absolute Gasteiger partial charge is 0.323 e. The Morgan fingerprint density at radius 2 is 1.95 bits per heavy atom. The number of nitrogens with zero attached hydrogens (tertiary/aromatic N) is 3. The number of halogens is 1. The van der Waals surface area contributed by atoms with Gasteiger partial charge in [0, 0.05) is 5.69 Å². The lowest BCUT2D eigenvalue weighted by Crippen LogP contribution is -2.15. The molecule has 0 amide bonds. The fraction of sp³-hybridized carbons (Fsp3) is 0.250. The van der Waals surface area contributed by atoms with Gasteiger partial charge in [-0.05, 0) is 32.0 Å². The highest BCUT2D eigenvalue weighted by Crippen LogP contribution is 2.17. The number of nitrogen functional groups attached to an aromatic ring is 1. The third-order valence-electron chi connectivity index (χ3n) is 2.17. The molecule has 20 heavy (non-hydrogen) atoms. The zero-order valence-corrected chi connectivity index (χ0v) is 11.1. The van der Waals surface area contributed by atoms with Crippen LogP contribution in [-0.2, 0) is 0 Å². The maximum Gasteiger partial charge on any atom is 0.323 e. The van der Waals surface area contributed by atoms with Crippen LogP contribution in [0.4, 0.5) is 22.0 Å². The average Bonchev–Trinajstić information content (AvgIpc) is 2.37. The van der Waals surface area contributed by atoms with Crippen molar-refractivity contribution in [1.29, 1.82) is 0 Å². The summed E-state index contributed by atoms with van der Waals surface area (Å²) in [6.07, 6.45) is -0.0926. The van der Waals surface area contributed by atoms with E-state index >= 15 is 0 Å². The van der Waals surface area contributed by atoms with Crippen molar-refractivity contribution >= 4 is 17.6 Å². The van der Waals surface area contributed by atoms with Crippen molar-refractivity contribution in [1.82, 2.24) is 15.0 Å². The minimum atomic E-state index is -0.361. The molecule has 106 valence electrons. The Labute approximate surface area is 115 Å². The maximum atomic E-state index is 13.1. The lowest BCUT2D eigenvalue weighted by Gasteiger charge is -2.11. The number of hydrazine groups is 1. The molecule has 0 saturated heterocycles. The molecule has 0 bridgehead atoms. The molecule has 0 unspecified atom stereocenters. The molecule has 0 saturated carbocycles. The summed E-state index contributed by atoms with van der Waals surface area (Å²) in [5.41, 5.74) is 2.83. The van der Waals surface area contributed by atoms with E-state index < -0.39 is 0 Å². The molecule has 4 N–H and O–H groups in total. The van der Waals surface area contributed by atoms with Crippen LogP contribution in [0.25, 0.3) is 0 Å². The van der Waals surface area contributed by atoms with E-state index in [1.54, 1.807) is 12.1 Å². The van der Waals surface area contributed by atoms with Gasteiger partial charge in [-0.3, -0.25) is 5.43 Å². The molecule has 0 spiro atoms. The maximum absolute atomic E-state index is 13.1. The Kier molecular flexibility index (Phi) is 4.26. The van der Waals surface area contributed by atoms with Crippen molar-refractivity contribution in [3.8, 4) is 6.01 Å². The third kappa shape index (κ3) is 3.75. The van der Waals surface area contributed by atoms with Crippen LogP contribution >= 0.6 is 0 Å². The van der Waals surface area contributed by atoms with Gasteiger partial charge in [0.25, 0.3) is 0 Å². The summed E-state index contributed by atoms with van der Waals surface area (Å²) >= 11 is 0. The summed E-state index contributed by atoms with van der Waals surface area (Å²) in [5, 5.41) is 2.86. The first kappa shape index (κ1) is 13.9. The van der Waals surface area contributed by atoms with E-state index in [0.29, 0.717) is 5.69 Å². The van der Waals surface area contributed by atoms with Crippen LogP contribution in [0.5, 0.6) is 6.01 Å². The van der Waals surface area contributed by atoms with Gasteiger partial charge >= 0.3 is 6.01 Å². The second-order valence-corrected chi connectivity index (χ2v) is 4.21. The van der Waals surface area contributed by atoms with Gasteiger partial charge in [-0.15, -0.1) is 0 Å². The van der Waals surface area contributed by atoms with Gasteiger partial charge < -0.3 is 10.1 Å². The number of aromatic nitrogens is 3. The number of rotatable bonds is 5. The first-order valence-electron chi connectivity index (χ1n) is 5.99. The monoisotopic (exact) mass is 278 g/mol. The van der Waals surface area contributed by atoms with Crippen LogP contribution in [0.2, 0.25) is 0 Å². The Balaban J connectivity index is 2.26. The Morgan fingerprint density at radius 3 is 2.60 bits per heavy atom.